The molecule has 3 heteroatoms. The lowest BCUT2D eigenvalue weighted by Crippen LogP contribution is -2.36. The maximum absolute atomic E-state index is 5.95. The summed E-state index contributed by atoms with van der Waals surface area (Å²) in [6.07, 6.45) is 3.33. The van der Waals surface area contributed by atoms with Gasteiger partial charge < -0.3 is 10.3 Å². The largest absolute Gasteiger partial charge is 0.399 e. The molecule has 0 atom stereocenters. The standard InChI is InChI=1S/C18H29N3/c1-7-18(8-2,9-3)21-15-11-10-13(19)12-14(15)20-16(21)17(4,5)6/h10-12H,7-9,19H2,1-6H3. The summed E-state index contributed by atoms with van der Waals surface area (Å²) in [5.74, 6) is 1.16. The van der Waals surface area contributed by atoms with Crippen LogP contribution in [0.25, 0.3) is 11.0 Å². The van der Waals surface area contributed by atoms with Crippen LogP contribution in [-0.2, 0) is 11.0 Å². The fourth-order valence-corrected chi connectivity index (χ4v) is 3.30. The van der Waals surface area contributed by atoms with E-state index in [-0.39, 0.29) is 11.0 Å². The Morgan fingerprint density at radius 1 is 1.05 bits per heavy atom. The van der Waals surface area contributed by atoms with Gasteiger partial charge in [0.05, 0.1) is 11.0 Å². The third-order valence-electron chi connectivity index (χ3n) is 4.80. The van der Waals surface area contributed by atoms with E-state index in [1.54, 1.807) is 0 Å². The molecule has 0 bridgehead atoms. The Morgan fingerprint density at radius 2 is 1.62 bits per heavy atom. The minimum atomic E-state index is 0.0124. The molecule has 0 radical (unpaired) electrons. The van der Waals surface area contributed by atoms with Gasteiger partial charge in [0.15, 0.2) is 0 Å². The van der Waals surface area contributed by atoms with Crippen molar-refractivity contribution in [1.29, 1.82) is 0 Å². The van der Waals surface area contributed by atoms with Crippen LogP contribution in [-0.4, -0.2) is 9.55 Å². The van der Waals surface area contributed by atoms with E-state index in [1.165, 1.54) is 5.52 Å². The van der Waals surface area contributed by atoms with E-state index in [4.69, 9.17) is 10.7 Å². The highest BCUT2D eigenvalue weighted by Gasteiger charge is 2.34. The summed E-state index contributed by atoms with van der Waals surface area (Å²) in [5, 5.41) is 0. The molecule has 0 aliphatic heterocycles. The Labute approximate surface area is 128 Å². The van der Waals surface area contributed by atoms with Crippen molar-refractivity contribution in [2.45, 2.75) is 71.8 Å². The van der Waals surface area contributed by atoms with Gasteiger partial charge in [-0.25, -0.2) is 4.98 Å². The molecule has 0 saturated carbocycles. The predicted molar refractivity (Wildman–Crippen MR) is 91.7 cm³/mol. The lowest BCUT2D eigenvalue weighted by molar-refractivity contribution is 0.240. The highest BCUT2D eigenvalue weighted by molar-refractivity contribution is 5.80. The first-order valence-electron chi connectivity index (χ1n) is 8.08. The quantitative estimate of drug-likeness (QED) is 0.818. The Kier molecular flexibility index (Phi) is 4.05. The fraction of sp³-hybridized carbons (Fsp3) is 0.611. The maximum atomic E-state index is 5.95. The SMILES string of the molecule is CCC(CC)(CC)n1c(C(C)(C)C)nc2cc(N)ccc21. The molecule has 2 aromatic rings. The molecular weight excluding hydrogens is 258 g/mol. The molecule has 0 unspecified atom stereocenters. The third-order valence-corrected chi connectivity index (χ3v) is 4.80. The molecule has 2 N–H and O–H groups in total. The molecule has 116 valence electrons. The second kappa shape index (κ2) is 5.36. The summed E-state index contributed by atoms with van der Waals surface area (Å²) in [4.78, 5) is 4.94. The Bertz CT molecular complexity index is 619. The predicted octanol–water partition coefficient (Wildman–Crippen LogP) is 4.84. The van der Waals surface area contributed by atoms with Gasteiger partial charge in [-0.3, -0.25) is 0 Å². The minimum Gasteiger partial charge on any atom is -0.399 e. The van der Waals surface area contributed by atoms with E-state index in [0.29, 0.717) is 0 Å². The van der Waals surface area contributed by atoms with Crippen LogP contribution in [0.15, 0.2) is 18.2 Å². The zero-order valence-corrected chi connectivity index (χ0v) is 14.3. The van der Waals surface area contributed by atoms with E-state index in [9.17, 15) is 0 Å². The van der Waals surface area contributed by atoms with E-state index < -0.39 is 0 Å². The van der Waals surface area contributed by atoms with Crippen molar-refractivity contribution in [2.24, 2.45) is 0 Å². The number of imidazole rings is 1. The summed E-state index contributed by atoms with van der Waals surface area (Å²) in [5.41, 5.74) is 9.10. The molecule has 1 aromatic carbocycles. The van der Waals surface area contributed by atoms with Gasteiger partial charge in [-0.05, 0) is 37.5 Å². The summed E-state index contributed by atoms with van der Waals surface area (Å²) < 4.78 is 2.49. The van der Waals surface area contributed by atoms with Crippen molar-refractivity contribution in [2.75, 3.05) is 5.73 Å². The molecule has 2 rings (SSSR count). The fourth-order valence-electron chi connectivity index (χ4n) is 3.30. The van der Waals surface area contributed by atoms with Crippen LogP contribution in [0.5, 0.6) is 0 Å². The van der Waals surface area contributed by atoms with Crippen LogP contribution >= 0.6 is 0 Å². The molecule has 0 spiro atoms. The van der Waals surface area contributed by atoms with Gasteiger partial charge in [-0.15, -0.1) is 0 Å². The number of nitrogen functional groups attached to an aromatic ring is 1. The second-order valence-electron chi connectivity index (χ2n) is 7.05. The van der Waals surface area contributed by atoms with Gasteiger partial charge in [-0.2, -0.15) is 0 Å². The molecule has 0 saturated heterocycles. The Hall–Kier alpha value is -1.51. The topological polar surface area (TPSA) is 43.8 Å². The molecule has 0 aliphatic rings. The molecule has 1 aromatic heterocycles. The van der Waals surface area contributed by atoms with Gasteiger partial charge >= 0.3 is 0 Å². The van der Waals surface area contributed by atoms with Crippen molar-refractivity contribution < 1.29 is 0 Å². The van der Waals surface area contributed by atoms with Crippen molar-refractivity contribution in [3.8, 4) is 0 Å². The number of nitrogens with zero attached hydrogens (tertiary/aromatic N) is 2. The number of rotatable bonds is 4. The Morgan fingerprint density at radius 3 is 2.10 bits per heavy atom. The van der Waals surface area contributed by atoms with Gasteiger partial charge in [0.25, 0.3) is 0 Å². The zero-order valence-electron chi connectivity index (χ0n) is 14.3. The van der Waals surface area contributed by atoms with Crippen LogP contribution in [0, 0.1) is 0 Å². The number of nitrogens with two attached hydrogens (primary N) is 1. The number of fused-ring (bicyclic) bond motifs is 1. The average Bonchev–Trinajstić information content (AvgIpc) is 2.81. The van der Waals surface area contributed by atoms with Crippen LogP contribution in [0.4, 0.5) is 5.69 Å². The lowest BCUT2D eigenvalue weighted by Gasteiger charge is -2.37. The van der Waals surface area contributed by atoms with Crippen LogP contribution < -0.4 is 5.73 Å². The molecule has 21 heavy (non-hydrogen) atoms. The van der Waals surface area contributed by atoms with Gasteiger partial charge in [0, 0.05) is 16.6 Å². The first kappa shape index (κ1) is 15.9. The second-order valence-corrected chi connectivity index (χ2v) is 7.05. The molecule has 0 amide bonds. The zero-order chi connectivity index (χ0) is 15.8. The number of hydrogen-bond donors (Lipinski definition) is 1. The van der Waals surface area contributed by atoms with Crippen LogP contribution in [0.3, 0.4) is 0 Å². The third kappa shape index (κ3) is 2.54. The summed E-state index contributed by atoms with van der Waals surface area (Å²) in [7, 11) is 0. The molecule has 3 nitrogen and oxygen atoms in total. The van der Waals surface area contributed by atoms with E-state index >= 15 is 0 Å². The van der Waals surface area contributed by atoms with Gasteiger partial charge in [0.1, 0.15) is 5.82 Å². The maximum Gasteiger partial charge on any atom is 0.115 e. The highest BCUT2D eigenvalue weighted by Crippen LogP contribution is 2.38. The van der Waals surface area contributed by atoms with E-state index in [0.717, 1.165) is 36.3 Å². The smallest absolute Gasteiger partial charge is 0.115 e. The summed E-state index contributed by atoms with van der Waals surface area (Å²) in [6, 6.07) is 6.11. The van der Waals surface area contributed by atoms with Gasteiger partial charge in [0.2, 0.25) is 0 Å². The number of anilines is 1. The summed E-state index contributed by atoms with van der Waals surface area (Å²) >= 11 is 0. The molecule has 0 fully saturated rings. The monoisotopic (exact) mass is 287 g/mol. The first-order valence-corrected chi connectivity index (χ1v) is 8.08. The molecular formula is C18H29N3. The van der Waals surface area contributed by atoms with Crippen molar-refractivity contribution in [1.82, 2.24) is 9.55 Å². The van der Waals surface area contributed by atoms with Crippen LogP contribution in [0.1, 0.15) is 66.6 Å². The normalized spacial score (nSPS) is 13.0. The summed E-state index contributed by atoms with van der Waals surface area (Å²) in [6.45, 7) is 13.5. The first-order chi connectivity index (χ1) is 9.79. The van der Waals surface area contributed by atoms with E-state index in [2.05, 4.69) is 52.2 Å². The minimum absolute atomic E-state index is 0.0124. The Balaban J connectivity index is 2.87. The van der Waals surface area contributed by atoms with Crippen LogP contribution in [0.2, 0.25) is 0 Å². The number of hydrogen-bond acceptors (Lipinski definition) is 2. The molecule has 1 heterocycles. The van der Waals surface area contributed by atoms with Gasteiger partial charge in [-0.1, -0.05) is 41.5 Å². The van der Waals surface area contributed by atoms with Crippen molar-refractivity contribution in [3.05, 3.63) is 24.0 Å². The highest BCUT2D eigenvalue weighted by atomic mass is 15.2. The number of aromatic nitrogens is 2. The number of benzene rings is 1. The lowest BCUT2D eigenvalue weighted by atomic mass is 9.86. The van der Waals surface area contributed by atoms with Crippen molar-refractivity contribution in [3.63, 3.8) is 0 Å². The average molecular weight is 287 g/mol. The molecule has 0 aliphatic carbocycles. The van der Waals surface area contributed by atoms with E-state index in [1.807, 2.05) is 12.1 Å². The van der Waals surface area contributed by atoms with Crippen molar-refractivity contribution >= 4 is 16.7 Å².